The molecule has 0 aliphatic heterocycles. The van der Waals surface area contributed by atoms with Gasteiger partial charge in [0.2, 0.25) is 11.8 Å². The summed E-state index contributed by atoms with van der Waals surface area (Å²) in [7, 11) is 0. The fourth-order valence-corrected chi connectivity index (χ4v) is 2.38. The van der Waals surface area contributed by atoms with Crippen LogP contribution in [0.5, 0.6) is 0 Å². The topological polar surface area (TPSA) is 49.4 Å². The average Bonchev–Trinajstić information content (AvgIpc) is 2.49. The van der Waals surface area contributed by atoms with E-state index in [4.69, 9.17) is 0 Å². The van der Waals surface area contributed by atoms with Crippen LogP contribution in [-0.4, -0.2) is 29.8 Å². The van der Waals surface area contributed by atoms with Gasteiger partial charge in [-0.25, -0.2) is 0 Å². The van der Waals surface area contributed by atoms with Crippen LogP contribution >= 0.6 is 0 Å². The van der Waals surface area contributed by atoms with Gasteiger partial charge in [0.1, 0.15) is 0 Å². The Balaban J connectivity index is 2.50. The molecule has 0 heterocycles. The van der Waals surface area contributed by atoms with E-state index in [1.807, 2.05) is 45.0 Å². The lowest BCUT2D eigenvalue weighted by Crippen LogP contribution is -2.39. The second-order valence-electron chi connectivity index (χ2n) is 5.73. The van der Waals surface area contributed by atoms with E-state index in [9.17, 15) is 9.59 Å². The molecular formula is C18H28N2O2. The summed E-state index contributed by atoms with van der Waals surface area (Å²) in [5.74, 6) is 0.184. The Hall–Kier alpha value is -1.84. The Morgan fingerprint density at radius 1 is 1.14 bits per heavy atom. The summed E-state index contributed by atoms with van der Waals surface area (Å²) in [5, 5.41) is 2.93. The minimum absolute atomic E-state index is 0.0253. The Labute approximate surface area is 133 Å². The number of amides is 2. The van der Waals surface area contributed by atoms with E-state index in [1.165, 1.54) is 5.56 Å². The number of hydrogen-bond donors (Lipinski definition) is 1. The molecule has 0 atom stereocenters. The summed E-state index contributed by atoms with van der Waals surface area (Å²) < 4.78 is 0. The van der Waals surface area contributed by atoms with Gasteiger partial charge in [0.05, 0.1) is 0 Å². The van der Waals surface area contributed by atoms with E-state index in [-0.39, 0.29) is 17.7 Å². The highest BCUT2D eigenvalue weighted by molar-refractivity contribution is 5.78. The molecule has 122 valence electrons. The molecule has 0 saturated carbocycles. The molecule has 0 bridgehead atoms. The van der Waals surface area contributed by atoms with Gasteiger partial charge in [-0.15, -0.1) is 0 Å². The third kappa shape index (κ3) is 5.88. The zero-order chi connectivity index (χ0) is 16.5. The van der Waals surface area contributed by atoms with Gasteiger partial charge in [-0.1, -0.05) is 43.7 Å². The molecule has 1 rings (SSSR count). The summed E-state index contributed by atoms with van der Waals surface area (Å²) in [6, 6.07) is 8.16. The van der Waals surface area contributed by atoms with Crippen molar-refractivity contribution in [3.8, 4) is 0 Å². The molecule has 0 radical (unpaired) electrons. The molecule has 1 N–H and O–H groups in total. The molecule has 0 aromatic heterocycles. The molecule has 0 saturated heterocycles. The Kier molecular flexibility index (Phi) is 7.64. The van der Waals surface area contributed by atoms with Crippen LogP contribution in [0, 0.1) is 12.8 Å². The highest BCUT2D eigenvalue weighted by Crippen LogP contribution is 2.08. The summed E-state index contributed by atoms with van der Waals surface area (Å²) in [4.78, 5) is 25.5. The Morgan fingerprint density at radius 2 is 1.73 bits per heavy atom. The molecule has 4 heteroatoms. The van der Waals surface area contributed by atoms with E-state index in [0.29, 0.717) is 19.6 Å². The van der Waals surface area contributed by atoms with Crippen molar-refractivity contribution in [2.45, 2.75) is 47.1 Å². The van der Waals surface area contributed by atoms with Crippen LogP contribution in [0.3, 0.4) is 0 Å². The van der Waals surface area contributed by atoms with Crippen molar-refractivity contribution in [2.75, 3.05) is 13.1 Å². The van der Waals surface area contributed by atoms with Gasteiger partial charge >= 0.3 is 0 Å². The number of aryl methyl sites for hydroxylation is 1. The second kappa shape index (κ2) is 9.23. The standard InChI is InChI=1S/C18H28N2O2/c1-5-17(6-2)18(22)19-11-12-20(15(4)21)13-16-9-7-14(3)8-10-16/h7-10,17H,5-6,11-13H2,1-4H3,(H,19,22). The van der Waals surface area contributed by atoms with Crippen molar-refractivity contribution in [1.29, 1.82) is 0 Å². The van der Waals surface area contributed by atoms with Gasteiger partial charge in [-0.3, -0.25) is 9.59 Å². The van der Waals surface area contributed by atoms with E-state index >= 15 is 0 Å². The van der Waals surface area contributed by atoms with Crippen molar-refractivity contribution >= 4 is 11.8 Å². The molecule has 0 fully saturated rings. The largest absolute Gasteiger partial charge is 0.354 e. The molecule has 1 aromatic carbocycles. The Bertz CT molecular complexity index is 478. The van der Waals surface area contributed by atoms with Crippen molar-refractivity contribution < 1.29 is 9.59 Å². The highest BCUT2D eigenvalue weighted by Gasteiger charge is 2.14. The van der Waals surface area contributed by atoms with E-state index in [1.54, 1.807) is 11.8 Å². The van der Waals surface area contributed by atoms with Crippen LogP contribution in [0.4, 0.5) is 0 Å². The zero-order valence-corrected chi connectivity index (χ0v) is 14.2. The van der Waals surface area contributed by atoms with E-state index < -0.39 is 0 Å². The number of benzene rings is 1. The molecule has 2 amide bonds. The van der Waals surface area contributed by atoms with Crippen LogP contribution in [0.1, 0.15) is 44.7 Å². The SMILES string of the molecule is CCC(CC)C(=O)NCCN(Cc1ccc(C)cc1)C(C)=O. The summed E-state index contributed by atoms with van der Waals surface area (Å²) in [6.45, 7) is 9.27. The summed E-state index contributed by atoms with van der Waals surface area (Å²) >= 11 is 0. The number of carbonyl (C=O) groups excluding carboxylic acids is 2. The third-order valence-corrected chi connectivity index (χ3v) is 3.98. The molecule has 1 aromatic rings. The van der Waals surface area contributed by atoms with Crippen LogP contribution in [0.15, 0.2) is 24.3 Å². The van der Waals surface area contributed by atoms with Gasteiger partial charge < -0.3 is 10.2 Å². The molecule has 22 heavy (non-hydrogen) atoms. The number of rotatable bonds is 8. The van der Waals surface area contributed by atoms with Crippen molar-refractivity contribution in [2.24, 2.45) is 5.92 Å². The predicted octanol–water partition coefficient (Wildman–Crippen LogP) is 2.90. The lowest BCUT2D eigenvalue weighted by atomic mass is 10.0. The quantitative estimate of drug-likeness (QED) is 0.803. The minimum Gasteiger partial charge on any atom is -0.354 e. The maximum Gasteiger partial charge on any atom is 0.223 e. The maximum atomic E-state index is 11.9. The number of nitrogens with one attached hydrogen (secondary N) is 1. The lowest BCUT2D eigenvalue weighted by Gasteiger charge is -2.22. The first-order valence-corrected chi connectivity index (χ1v) is 8.06. The molecule has 0 spiro atoms. The van der Waals surface area contributed by atoms with Crippen molar-refractivity contribution in [3.05, 3.63) is 35.4 Å². The van der Waals surface area contributed by atoms with E-state index in [2.05, 4.69) is 5.32 Å². The second-order valence-corrected chi connectivity index (χ2v) is 5.73. The van der Waals surface area contributed by atoms with Crippen LogP contribution in [-0.2, 0) is 16.1 Å². The smallest absolute Gasteiger partial charge is 0.223 e. The fraction of sp³-hybridized carbons (Fsp3) is 0.556. The maximum absolute atomic E-state index is 11.9. The van der Waals surface area contributed by atoms with Crippen LogP contribution in [0.2, 0.25) is 0 Å². The van der Waals surface area contributed by atoms with Crippen molar-refractivity contribution in [3.63, 3.8) is 0 Å². The molecular weight excluding hydrogens is 276 g/mol. The van der Waals surface area contributed by atoms with Crippen LogP contribution < -0.4 is 5.32 Å². The van der Waals surface area contributed by atoms with Gasteiger partial charge in [0, 0.05) is 32.5 Å². The van der Waals surface area contributed by atoms with Gasteiger partial charge in [-0.05, 0) is 25.3 Å². The molecule has 0 unspecified atom stereocenters. The predicted molar refractivity (Wildman–Crippen MR) is 89.4 cm³/mol. The number of hydrogen-bond acceptors (Lipinski definition) is 2. The summed E-state index contributed by atoms with van der Waals surface area (Å²) in [6.07, 6.45) is 1.70. The van der Waals surface area contributed by atoms with Crippen molar-refractivity contribution in [1.82, 2.24) is 10.2 Å². The first-order chi connectivity index (χ1) is 10.5. The molecule has 0 aliphatic carbocycles. The third-order valence-electron chi connectivity index (χ3n) is 3.98. The van der Waals surface area contributed by atoms with E-state index in [0.717, 1.165) is 18.4 Å². The fourth-order valence-electron chi connectivity index (χ4n) is 2.38. The normalized spacial score (nSPS) is 10.6. The average molecular weight is 304 g/mol. The Morgan fingerprint density at radius 3 is 2.23 bits per heavy atom. The molecule has 0 aliphatic rings. The minimum atomic E-state index is 0.0253. The monoisotopic (exact) mass is 304 g/mol. The lowest BCUT2D eigenvalue weighted by molar-refractivity contribution is -0.130. The first-order valence-electron chi connectivity index (χ1n) is 8.06. The van der Waals surface area contributed by atoms with Crippen LogP contribution in [0.25, 0.3) is 0 Å². The van der Waals surface area contributed by atoms with Gasteiger partial charge in [-0.2, -0.15) is 0 Å². The molecule has 4 nitrogen and oxygen atoms in total. The van der Waals surface area contributed by atoms with Gasteiger partial charge in [0.15, 0.2) is 0 Å². The number of carbonyl (C=O) groups is 2. The number of nitrogens with zero attached hydrogens (tertiary/aromatic N) is 1. The van der Waals surface area contributed by atoms with Gasteiger partial charge in [0.25, 0.3) is 0 Å². The summed E-state index contributed by atoms with van der Waals surface area (Å²) in [5.41, 5.74) is 2.31. The highest BCUT2D eigenvalue weighted by atomic mass is 16.2. The zero-order valence-electron chi connectivity index (χ0n) is 14.2. The first kappa shape index (κ1) is 18.2.